The van der Waals surface area contributed by atoms with Crippen LogP contribution in [0.4, 0.5) is 17.6 Å². The average molecular weight is 458 g/mol. The summed E-state index contributed by atoms with van der Waals surface area (Å²) < 4.78 is 68.0. The van der Waals surface area contributed by atoms with Gasteiger partial charge in [-0.15, -0.1) is 0 Å². The molecule has 0 aromatic heterocycles. The van der Waals surface area contributed by atoms with Crippen LogP contribution < -0.4 is 0 Å². The molecule has 3 aromatic carbocycles. The Morgan fingerprint density at radius 1 is 0.788 bits per heavy atom. The van der Waals surface area contributed by atoms with Crippen molar-refractivity contribution in [1.82, 2.24) is 0 Å². The zero-order valence-corrected chi connectivity index (χ0v) is 17.4. The summed E-state index contributed by atoms with van der Waals surface area (Å²) in [6, 6.07) is 17.0. The lowest BCUT2D eigenvalue weighted by Crippen LogP contribution is -2.19. The Balaban J connectivity index is 1.99. The van der Waals surface area contributed by atoms with Crippen molar-refractivity contribution in [3.05, 3.63) is 113 Å². The molecule has 0 aliphatic rings. The number of carbonyl (C=O) groups excluding carboxylic acids is 2. The summed E-state index contributed by atoms with van der Waals surface area (Å²) in [5, 5.41) is 0. The maximum absolute atomic E-state index is 14.6. The Hall–Kier alpha value is -3.94. The van der Waals surface area contributed by atoms with E-state index in [9.17, 15) is 27.2 Å². The predicted octanol–water partition coefficient (Wildman–Crippen LogP) is 5.77. The highest BCUT2D eigenvalue weighted by Gasteiger charge is 2.33. The van der Waals surface area contributed by atoms with Crippen molar-refractivity contribution in [3.63, 3.8) is 0 Å². The molecule has 3 aromatic rings. The molecule has 0 aliphatic heterocycles. The van der Waals surface area contributed by atoms with Crippen LogP contribution in [0.15, 0.2) is 67.2 Å². The Morgan fingerprint density at radius 2 is 1.21 bits per heavy atom. The van der Waals surface area contributed by atoms with Gasteiger partial charge in [0.25, 0.3) is 0 Å². The Kier molecular flexibility index (Phi) is 7.27. The van der Waals surface area contributed by atoms with Crippen molar-refractivity contribution < 1.29 is 36.6 Å². The molecule has 8 heteroatoms. The van der Waals surface area contributed by atoms with Gasteiger partial charge in [0.1, 0.15) is 5.56 Å². The van der Waals surface area contributed by atoms with Gasteiger partial charge in [-0.1, -0.05) is 67.2 Å². The van der Waals surface area contributed by atoms with Gasteiger partial charge in [-0.25, -0.2) is 27.2 Å². The van der Waals surface area contributed by atoms with Gasteiger partial charge in [0.05, 0.1) is 17.7 Å². The minimum Gasteiger partial charge on any atom is -0.462 e. The number of rotatable bonds is 7. The highest BCUT2D eigenvalue weighted by atomic mass is 19.2. The van der Waals surface area contributed by atoms with Crippen LogP contribution in [0.5, 0.6) is 0 Å². The lowest BCUT2D eigenvalue weighted by Gasteiger charge is -2.20. The minimum atomic E-state index is -2.00. The summed E-state index contributed by atoms with van der Waals surface area (Å²) in [4.78, 5) is 24.5. The molecule has 0 spiro atoms. The number of benzene rings is 3. The summed E-state index contributed by atoms with van der Waals surface area (Å²) in [5.41, 5.74) is -2.79. The third kappa shape index (κ3) is 4.79. The van der Waals surface area contributed by atoms with Gasteiger partial charge in [-0.05, 0) is 18.1 Å². The third-order valence-corrected chi connectivity index (χ3v) is 4.72. The number of hydrogen-bond donors (Lipinski definition) is 0. The van der Waals surface area contributed by atoms with Gasteiger partial charge in [0.15, 0.2) is 29.4 Å². The fourth-order valence-corrected chi connectivity index (χ4v) is 3.14. The maximum Gasteiger partial charge on any atom is 0.344 e. The van der Waals surface area contributed by atoms with Gasteiger partial charge in [-0.3, -0.25) is 0 Å². The average Bonchev–Trinajstić information content (AvgIpc) is 2.82. The Morgan fingerprint density at radius 3 is 1.64 bits per heavy atom. The molecule has 3 rings (SSSR count). The SMILES string of the molecule is C=C(C(=O)OC(c1ccccc1)c1ccccc1)c1c(F)c(F)c(C(=O)OCC)c(F)c1F. The quantitative estimate of drug-likeness (QED) is 0.195. The first kappa shape index (κ1) is 23.7. The fraction of sp³-hybridized carbons (Fsp3) is 0.120. The zero-order chi connectivity index (χ0) is 24.1. The highest BCUT2D eigenvalue weighted by molar-refractivity contribution is 6.16. The summed E-state index contributed by atoms with van der Waals surface area (Å²) in [6.07, 6.45) is -0.990. The first-order valence-electron chi connectivity index (χ1n) is 9.81. The van der Waals surface area contributed by atoms with Crippen LogP contribution in [0.2, 0.25) is 0 Å². The van der Waals surface area contributed by atoms with Crippen LogP contribution in [0, 0.1) is 23.3 Å². The van der Waals surface area contributed by atoms with Crippen molar-refractivity contribution in [1.29, 1.82) is 0 Å². The Labute approximate surface area is 187 Å². The molecular formula is C25H18F4O4. The molecule has 0 fully saturated rings. The molecular weight excluding hydrogens is 440 g/mol. The van der Waals surface area contributed by atoms with E-state index in [1.807, 2.05) is 0 Å². The monoisotopic (exact) mass is 458 g/mol. The summed E-state index contributed by atoms with van der Waals surface area (Å²) in [6.45, 7) is 4.35. The second-order valence-corrected chi connectivity index (χ2v) is 6.81. The first-order valence-corrected chi connectivity index (χ1v) is 9.81. The molecule has 0 aliphatic carbocycles. The van der Waals surface area contributed by atoms with E-state index in [4.69, 9.17) is 4.74 Å². The second-order valence-electron chi connectivity index (χ2n) is 6.81. The minimum absolute atomic E-state index is 0.276. The van der Waals surface area contributed by atoms with Gasteiger partial charge in [-0.2, -0.15) is 0 Å². The normalized spacial score (nSPS) is 10.7. The molecule has 0 bridgehead atoms. The molecule has 0 saturated carbocycles. The van der Waals surface area contributed by atoms with Crippen LogP contribution >= 0.6 is 0 Å². The number of carbonyl (C=O) groups is 2. The molecule has 4 nitrogen and oxygen atoms in total. The molecule has 0 heterocycles. The zero-order valence-electron chi connectivity index (χ0n) is 17.4. The number of ether oxygens (including phenoxy) is 2. The standard InChI is InChI=1S/C25H18F4O4/c1-3-32-25(31)18-21(28)19(26)17(20(27)22(18)29)14(2)24(30)33-23(15-10-6-4-7-11-15)16-12-8-5-9-13-16/h4-13,23H,2-3H2,1H3. The molecule has 33 heavy (non-hydrogen) atoms. The van der Waals surface area contributed by atoms with E-state index < -0.39 is 58.0 Å². The van der Waals surface area contributed by atoms with Crippen molar-refractivity contribution in [2.24, 2.45) is 0 Å². The molecule has 0 N–H and O–H groups in total. The van der Waals surface area contributed by atoms with Crippen molar-refractivity contribution in [2.75, 3.05) is 6.61 Å². The summed E-state index contributed by atoms with van der Waals surface area (Å²) >= 11 is 0. The van der Waals surface area contributed by atoms with Gasteiger partial charge < -0.3 is 9.47 Å². The predicted molar refractivity (Wildman–Crippen MR) is 112 cm³/mol. The van der Waals surface area contributed by atoms with E-state index in [0.29, 0.717) is 11.1 Å². The van der Waals surface area contributed by atoms with E-state index in [2.05, 4.69) is 11.3 Å². The van der Waals surface area contributed by atoms with E-state index in [1.54, 1.807) is 60.7 Å². The van der Waals surface area contributed by atoms with Gasteiger partial charge >= 0.3 is 11.9 Å². The van der Waals surface area contributed by atoms with E-state index in [1.165, 1.54) is 6.92 Å². The van der Waals surface area contributed by atoms with E-state index >= 15 is 0 Å². The van der Waals surface area contributed by atoms with Crippen LogP contribution in [0.3, 0.4) is 0 Å². The van der Waals surface area contributed by atoms with Crippen molar-refractivity contribution in [2.45, 2.75) is 13.0 Å². The lowest BCUT2D eigenvalue weighted by molar-refractivity contribution is -0.140. The van der Waals surface area contributed by atoms with E-state index in [0.717, 1.165) is 0 Å². The van der Waals surface area contributed by atoms with E-state index in [-0.39, 0.29) is 6.61 Å². The maximum atomic E-state index is 14.6. The van der Waals surface area contributed by atoms with Crippen molar-refractivity contribution >= 4 is 17.5 Å². The second kappa shape index (κ2) is 10.1. The number of hydrogen-bond acceptors (Lipinski definition) is 4. The van der Waals surface area contributed by atoms with Gasteiger partial charge in [0.2, 0.25) is 0 Å². The van der Waals surface area contributed by atoms with Crippen LogP contribution in [0.1, 0.15) is 40.1 Å². The van der Waals surface area contributed by atoms with Gasteiger partial charge in [0, 0.05) is 0 Å². The Bertz CT molecular complexity index is 1130. The smallest absolute Gasteiger partial charge is 0.344 e. The topological polar surface area (TPSA) is 52.6 Å². The third-order valence-electron chi connectivity index (χ3n) is 4.72. The molecule has 0 unspecified atom stereocenters. The molecule has 170 valence electrons. The summed E-state index contributed by atoms with van der Waals surface area (Å²) in [7, 11) is 0. The largest absolute Gasteiger partial charge is 0.462 e. The highest BCUT2D eigenvalue weighted by Crippen LogP contribution is 2.32. The molecule has 0 atom stereocenters. The van der Waals surface area contributed by atoms with Crippen LogP contribution in [-0.4, -0.2) is 18.5 Å². The van der Waals surface area contributed by atoms with Crippen LogP contribution in [0.25, 0.3) is 5.57 Å². The number of esters is 2. The van der Waals surface area contributed by atoms with Crippen LogP contribution in [-0.2, 0) is 14.3 Å². The first-order chi connectivity index (χ1) is 15.8. The summed E-state index contributed by atoms with van der Waals surface area (Å²) in [5.74, 6) is -10.8. The fourth-order valence-electron chi connectivity index (χ4n) is 3.14. The lowest BCUT2D eigenvalue weighted by atomic mass is 10.00. The molecule has 0 radical (unpaired) electrons. The molecule has 0 saturated heterocycles. The molecule has 0 amide bonds. The number of halogens is 4. The van der Waals surface area contributed by atoms with Crippen molar-refractivity contribution in [3.8, 4) is 0 Å².